The molecule has 0 saturated heterocycles. The summed E-state index contributed by atoms with van der Waals surface area (Å²) in [5.74, 6) is 0.468. The topological polar surface area (TPSA) is 20.2 Å². The lowest BCUT2D eigenvalue weighted by Crippen LogP contribution is -2.07. The number of hydrogen-bond acceptors (Lipinski definition) is 2. The Balaban J connectivity index is 3.34. The summed E-state index contributed by atoms with van der Waals surface area (Å²) in [7, 11) is 0. The van der Waals surface area contributed by atoms with Crippen molar-refractivity contribution in [3.05, 3.63) is 12.2 Å². The van der Waals surface area contributed by atoms with Gasteiger partial charge in [-0.15, -0.1) is 0 Å². The first-order valence-electron chi connectivity index (χ1n) is 2.12. The van der Waals surface area contributed by atoms with Crippen molar-refractivity contribution >= 4 is 12.6 Å². The molecule has 0 bridgehead atoms. The molecule has 0 amide bonds. The second-order valence-electron chi connectivity index (χ2n) is 1.54. The van der Waals surface area contributed by atoms with Crippen molar-refractivity contribution in [1.82, 2.24) is 0 Å². The van der Waals surface area contributed by atoms with E-state index in [9.17, 15) is 0 Å². The van der Waals surface area contributed by atoms with Crippen molar-refractivity contribution in [3.8, 4) is 0 Å². The third-order valence-electron chi connectivity index (χ3n) is 0.742. The van der Waals surface area contributed by atoms with Crippen molar-refractivity contribution in [2.45, 2.75) is 13.0 Å². The van der Waals surface area contributed by atoms with Gasteiger partial charge in [0.25, 0.3) is 0 Å². The van der Waals surface area contributed by atoms with Gasteiger partial charge in [0, 0.05) is 5.75 Å². The minimum atomic E-state index is -0.427. The monoisotopic (exact) mass is 118 g/mol. The molecule has 0 heterocycles. The Morgan fingerprint density at radius 2 is 2.43 bits per heavy atom. The molecule has 7 heavy (non-hydrogen) atoms. The van der Waals surface area contributed by atoms with Gasteiger partial charge in [0.15, 0.2) is 0 Å². The first kappa shape index (κ1) is 7.05. The van der Waals surface area contributed by atoms with E-state index in [0.717, 1.165) is 5.57 Å². The average molecular weight is 118 g/mol. The first-order chi connectivity index (χ1) is 3.18. The summed E-state index contributed by atoms with van der Waals surface area (Å²) in [6, 6.07) is 0. The van der Waals surface area contributed by atoms with Crippen molar-refractivity contribution in [3.63, 3.8) is 0 Å². The Hall–Kier alpha value is 0.0500. The van der Waals surface area contributed by atoms with Gasteiger partial charge in [-0.3, -0.25) is 0 Å². The van der Waals surface area contributed by atoms with E-state index < -0.39 is 6.10 Å². The van der Waals surface area contributed by atoms with Crippen molar-refractivity contribution in [1.29, 1.82) is 0 Å². The summed E-state index contributed by atoms with van der Waals surface area (Å²) in [5.41, 5.74) is 0.773. The quantitative estimate of drug-likeness (QED) is 0.407. The van der Waals surface area contributed by atoms with E-state index in [1.807, 2.05) is 0 Å². The van der Waals surface area contributed by atoms with Crippen LogP contribution in [0.3, 0.4) is 0 Å². The Morgan fingerprint density at radius 3 is 2.43 bits per heavy atom. The normalized spacial score (nSPS) is 13.6. The van der Waals surface area contributed by atoms with Crippen molar-refractivity contribution < 1.29 is 5.11 Å². The maximum Gasteiger partial charge on any atom is 0.0832 e. The molecule has 1 N–H and O–H groups in total. The second kappa shape index (κ2) is 3.10. The average Bonchev–Trinajstić information content (AvgIpc) is 1.65. The molecule has 1 unspecified atom stereocenters. The molecular formula is C5H10OS. The van der Waals surface area contributed by atoms with Crippen LogP contribution in [0.25, 0.3) is 0 Å². The molecule has 0 aliphatic carbocycles. The van der Waals surface area contributed by atoms with Crippen molar-refractivity contribution in [2.24, 2.45) is 0 Å². The SMILES string of the molecule is C=C(C)C(O)CS. The van der Waals surface area contributed by atoms with E-state index in [1.54, 1.807) is 6.92 Å². The highest BCUT2D eigenvalue weighted by atomic mass is 32.1. The predicted molar refractivity (Wildman–Crippen MR) is 34.7 cm³/mol. The number of thiol groups is 1. The largest absolute Gasteiger partial charge is 0.388 e. The van der Waals surface area contributed by atoms with Crippen molar-refractivity contribution in [2.75, 3.05) is 5.75 Å². The minimum absolute atomic E-state index is 0.427. The zero-order chi connectivity index (χ0) is 5.86. The number of rotatable bonds is 2. The Labute approximate surface area is 49.5 Å². The molecule has 1 atom stereocenters. The molecule has 0 saturated carbocycles. The lowest BCUT2D eigenvalue weighted by atomic mass is 10.2. The van der Waals surface area contributed by atoms with Crippen LogP contribution in [0.15, 0.2) is 12.2 Å². The third-order valence-corrected chi connectivity index (χ3v) is 1.09. The maximum atomic E-state index is 8.76. The van der Waals surface area contributed by atoms with E-state index in [0.29, 0.717) is 5.75 Å². The zero-order valence-corrected chi connectivity index (χ0v) is 5.28. The second-order valence-corrected chi connectivity index (χ2v) is 1.91. The van der Waals surface area contributed by atoms with Crippen LogP contribution in [-0.2, 0) is 0 Å². The Bertz CT molecular complexity index is 70.5. The van der Waals surface area contributed by atoms with Crippen LogP contribution in [0.1, 0.15) is 6.92 Å². The molecule has 1 nitrogen and oxygen atoms in total. The molecule has 0 rings (SSSR count). The van der Waals surface area contributed by atoms with Gasteiger partial charge in [0.1, 0.15) is 0 Å². The fourth-order valence-corrected chi connectivity index (χ4v) is 0.468. The lowest BCUT2D eigenvalue weighted by Gasteiger charge is -2.02. The molecule has 0 spiro atoms. The third kappa shape index (κ3) is 2.71. The van der Waals surface area contributed by atoms with Gasteiger partial charge < -0.3 is 5.11 Å². The van der Waals surface area contributed by atoms with Gasteiger partial charge in [-0.05, 0) is 6.92 Å². The standard InChI is InChI=1S/C5H10OS/c1-4(2)5(6)3-7/h5-7H,1,3H2,2H3. The van der Waals surface area contributed by atoms with E-state index in [2.05, 4.69) is 19.2 Å². The molecule has 2 heteroatoms. The highest BCUT2D eigenvalue weighted by Crippen LogP contribution is 1.97. The molecule has 0 aromatic rings. The Kier molecular flexibility index (Phi) is 3.13. The highest BCUT2D eigenvalue weighted by Gasteiger charge is 1.97. The highest BCUT2D eigenvalue weighted by molar-refractivity contribution is 7.80. The Morgan fingerprint density at radius 1 is 2.00 bits per heavy atom. The summed E-state index contributed by atoms with van der Waals surface area (Å²) in [4.78, 5) is 0. The van der Waals surface area contributed by atoms with Gasteiger partial charge in [-0.2, -0.15) is 12.6 Å². The van der Waals surface area contributed by atoms with Crippen LogP contribution in [0.5, 0.6) is 0 Å². The van der Waals surface area contributed by atoms with Crippen LogP contribution >= 0.6 is 12.6 Å². The van der Waals surface area contributed by atoms with Gasteiger partial charge in [-0.25, -0.2) is 0 Å². The fraction of sp³-hybridized carbons (Fsp3) is 0.600. The first-order valence-corrected chi connectivity index (χ1v) is 2.76. The summed E-state index contributed by atoms with van der Waals surface area (Å²) in [6.07, 6.45) is -0.427. The predicted octanol–water partition coefficient (Wildman–Crippen LogP) is 0.853. The van der Waals surface area contributed by atoms with Crippen LogP contribution in [-0.4, -0.2) is 17.0 Å². The van der Waals surface area contributed by atoms with Crippen LogP contribution in [0.2, 0.25) is 0 Å². The van der Waals surface area contributed by atoms with Gasteiger partial charge >= 0.3 is 0 Å². The van der Waals surface area contributed by atoms with Gasteiger partial charge in [0.05, 0.1) is 6.10 Å². The number of aliphatic hydroxyl groups excluding tert-OH is 1. The van der Waals surface area contributed by atoms with Gasteiger partial charge in [0.2, 0.25) is 0 Å². The van der Waals surface area contributed by atoms with E-state index in [-0.39, 0.29) is 0 Å². The molecule has 0 radical (unpaired) electrons. The van der Waals surface area contributed by atoms with E-state index in [4.69, 9.17) is 5.11 Å². The molecule has 0 aromatic carbocycles. The van der Waals surface area contributed by atoms with E-state index >= 15 is 0 Å². The smallest absolute Gasteiger partial charge is 0.0832 e. The molecular weight excluding hydrogens is 108 g/mol. The molecule has 0 aliphatic heterocycles. The van der Waals surface area contributed by atoms with Crippen LogP contribution in [0.4, 0.5) is 0 Å². The molecule has 0 fully saturated rings. The number of hydrogen-bond donors (Lipinski definition) is 2. The maximum absolute atomic E-state index is 8.76. The van der Waals surface area contributed by atoms with Crippen LogP contribution in [0, 0.1) is 0 Å². The molecule has 0 aromatic heterocycles. The number of aliphatic hydroxyl groups is 1. The summed E-state index contributed by atoms with van der Waals surface area (Å²) in [6.45, 7) is 5.31. The zero-order valence-electron chi connectivity index (χ0n) is 4.39. The lowest BCUT2D eigenvalue weighted by molar-refractivity contribution is 0.237. The molecule has 0 aliphatic rings. The van der Waals surface area contributed by atoms with E-state index in [1.165, 1.54) is 0 Å². The van der Waals surface area contributed by atoms with Gasteiger partial charge in [-0.1, -0.05) is 12.2 Å². The fourth-order valence-electron chi connectivity index (χ4n) is 0.156. The summed E-state index contributed by atoms with van der Waals surface area (Å²) >= 11 is 3.84. The van der Waals surface area contributed by atoms with Crippen LogP contribution < -0.4 is 0 Å². The molecule has 42 valence electrons. The summed E-state index contributed by atoms with van der Waals surface area (Å²) < 4.78 is 0. The summed E-state index contributed by atoms with van der Waals surface area (Å²) in [5, 5.41) is 8.76. The minimum Gasteiger partial charge on any atom is -0.388 e.